The minimum atomic E-state index is -0.167. The zero-order valence-corrected chi connectivity index (χ0v) is 7.27. The van der Waals surface area contributed by atoms with Crippen LogP contribution in [0.5, 0.6) is 0 Å². The first-order valence-corrected chi connectivity index (χ1v) is 4.41. The third-order valence-corrected chi connectivity index (χ3v) is 1.50. The van der Waals surface area contributed by atoms with Gasteiger partial charge in [-0.3, -0.25) is 0 Å². The van der Waals surface area contributed by atoms with E-state index in [0.29, 0.717) is 0 Å². The zero-order valence-electron chi connectivity index (χ0n) is 7.27. The van der Waals surface area contributed by atoms with E-state index >= 15 is 0 Å². The van der Waals surface area contributed by atoms with E-state index in [2.05, 4.69) is 0 Å². The predicted molar refractivity (Wildman–Crippen MR) is 45.1 cm³/mol. The molecule has 0 saturated heterocycles. The summed E-state index contributed by atoms with van der Waals surface area (Å²) in [6.45, 7) is 3.44. The van der Waals surface area contributed by atoms with Gasteiger partial charge in [-0.15, -0.1) is 0 Å². The highest BCUT2D eigenvalue weighted by molar-refractivity contribution is 4.51. The minimum absolute atomic E-state index is 0.167. The highest BCUT2D eigenvalue weighted by atomic mass is 16.3. The van der Waals surface area contributed by atoms with Crippen LogP contribution in [0.1, 0.15) is 52.4 Å². The van der Waals surface area contributed by atoms with Gasteiger partial charge in [0.1, 0.15) is 0 Å². The second-order valence-electron chi connectivity index (χ2n) is 3.22. The van der Waals surface area contributed by atoms with Crippen molar-refractivity contribution in [2.24, 2.45) is 0 Å². The van der Waals surface area contributed by atoms with Crippen molar-refractivity contribution in [3.63, 3.8) is 0 Å². The molecule has 1 N–H and O–H groups in total. The maximum Gasteiger partial charge on any atom is 0.0483 e. The fraction of sp³-hybridized carbons (Fsp3) is 1.00. The molecule has 1 fully saturated rings. The lowest BCUT2D eigenvalue weighted by Crippen LogP contribution is -1.85. The van der Waals surface area contributed by atoms with Gasteiger partial charge in [-0.1, -0.05) is 38.5 Å². The van der Waals surface area contributed by atoms with Crippen LogP contribution in [0.2, 0.25) is 0 Å². The summed E-state index contributed by atoms with van der Waals surface area (Å²) in [7, 11) is 0. The van der Waals surface area contributed by atoms with Crippen LogP contribution in [0.4, 0.5) is 0 Å². The van der Waals surface area contributed by atoms with E-state index in [1.807, 2.05) is 0 Å². The van der Waals surface area contributed by atoms with Crippen molar-refractivity contribution < 1.29 is 5.11 Å². The van der Waals surface area contributed by atoms with Crippen LogP contribution < -0.4 is 0 Å². The predicted octanol–water partition coefficient (Wildman–Crippen LogP) is 2.73. The molecule has 1 heteroatoms. The number of rotatable bonds is 0. The lowest BCUT2D eigenvalue weighted by atomic mass is 10.0. The van der Waals surface area contributed by atoms with Crippen LogP contribution in [0, 0.1) is 0 Å². The molecule has 0 amide bonds. The molecule has 1 nitrogen and oxygen atoms in total. The van der Waals surface area contributed by atoms with E-state index in [9.17, 15) is 0 Å². The Hall–Kier alpha value is -0.0400. The summed E-state index contributed by atoms with van der Waals surface area (Å²) < 4.78 is 0. The molecule has 0 unspecified atom stereocenters. The van der Waals surface area contributed by atoms with Crippen LogP contribution >= 0.6 is 0 Å². The molecule has 0 aliphatic heterocycles. The molecule has 0 heterocycles. The van der Waals surface area contributed by atoms with E-state index in [1.165, 1.54) is 38.5 Å². The Balaban J connectivity index is 0.000000180. The molecule has 0 aromatic carbocycles. The smallest absolute Gasteiger partial charge is 0.0483 e. The Morgan fingerprint density at radius 1 is 0.800 bits per heavy atom. The molecule has 0 spiro atoms. The molecule has 10 heavy (non-hydrogen) atoms. The van der Waals surface area contributed by atoms with Crippen molar-refractivity contribution in [1.82, 2.24) is 0 Å². The second-order valence-corrected chi connectivity index (χ2v) is 3.22. The van der Waals surface area contributed by atoms with Crippen molar-refractivity contribution in [2.45, 2.75) is 58.5 Å². The van der Waals surface area contributed by atoms with Gasteiger partial charge in [-0.25, -0.2) is 0 Å². The summed E-state index contributed by atoms with van der Waals surface area (Å²) in [6.07, 6.45) is 8.83. The van der Waals surface area contributed by atoms with Crippen molar-refractivity contribution in [2.75, 3.05) is 0 Å². The SMILES string of the molecule is C1CCCCC1.CC(C)O. The van der Waals surface area contributed by atoms with Gasteiger partial charge in [0.2, 0.25) is 0 Å². The molecule has 1 aliphatic carbocycles. The van der Waals surface area contributed by atoms with E-state index in [0.717, 1.165) is 0 Å². The van der Waals surface area contributed by atoms with E-state index in [-0.39, 0.29) is 6.10 Å². The van der Waals surface area contributed by atoms with Crippen LogP contribution in [0.25, 0.3) is 0 Å². The van der Waals surface area contributed by atoms with Crippen LogP contribution in [-0.2, 0) is 0 Å². The number of hydrogen-bond acceptors (Lipinski definition) is 1. The molecule has 1 rings (SSSR count). The highest BCUT2D eigenvalue weighted by Crippen LogP contribution is 2.15. The molecule has 1 saturated carbocycles. The molecule has 0 atom stereocenters. The minimum Gasteiger partial charge on any atom is -0.394 e. The number of aliphatic hydroxyl groups is 1. The molecule has 0 aromatic rings. The molecule has 1 aliphatic rings. The van der Waals surface area contributed by atoms with E-state index in [4.69, 9.17) is 5.11 Å². The van der Waals surface area contributed by atoms with Gasteiger partial charge in [0, 0.05) is 6.10 Å². The van der Waals surface area contributed by atoms with Crippen molar-refractivity contribution in [3.05, 3.63) is 0 Å². The maximum absolute atomic E-state index is 8.06. The third-order valence-electron chi connectivity index (χ3n) is 1.50. The van der Waals surface area contributed by atoms with Crippen molar-refractivity contribution in [1.29, 1.82) is 0 Å². The van der Waals surface area contributed by atoms with Crippen LogP contribution in [0.15, 0.2) is 0 Å². The molecule has 62 valence electrons. The molecule has 0 bridgehead atoms. The standard InChI is InChI=1S/C6H12.C3H8O/c1-2-4-6-5-3-1;1-3(2)4/h1-6H2;3-4H,1-2H3. The monoisotopic (exact) mass is 144 g/mol. The van der Waals surface area contributed by atoms with Crippen LogP contribution in [0.3, 0.4) is 0 Å². The van der Waals surface area contributed by atoms with E-state index in [1.54, 1.807) is 13.8 Å². The summed E-state index contributed by atoms with van der Waals surface area (Å²) in [4.78, 5) is 0. The largest absolute Gasteiger partial charge is 0.394 e. The quantitative estimate of drug-likeness (QED) is 0.554. The first kappa shape index (κ1) is 9.96. The van der Waals surface area contributed by atoms with Gasteiger partial charge in [-0.2, -0.15) is 0 Å². The topological polar surface area (TPSA) is 20.2 Å². The van der Waals surface area contributed by atoms with Crippen molar-refractivity contribution >= 4 is 0 Å². The zero-order chi connectivity index (χ0) is 7.82. The molecule has 0 radical (unpaired) electrons. The first-order chi connectivity index (χ1) is 4.73. The Morgan fingerprint density at radius 3 is 1.00 bits per heavy atom. The fourth-order valence-corrected chi connectivity index (χ4v) is 1.06. The summed E-state index contributed by atoms with van der Waals surface area (Å²) in [6, 6.07) is 0. The highest BCUT2D eigenvalue weighted by Gasteiger charge is 1.95. The number of aliphatic hydroxyl groups excluding tert-OH is 1. The summed E-state index contributed by atoms with van der Waals surface area (Å²) in [5.74, 6) is 0. The van der Waals surface area contributed by atoms with Crippen LogP contribution in [-0.4, -0.2) is 11.2 Å². The molecular weight excluding hydrogens is 124 g/mol. The lowest BCUT2D eigenvalue weighted by molar-refractivity contribution is 0.216. The third kappa shape index (κ3) is 10.9. The summed E-state index contributed by atoms with van der Waals surface area (Å²) in [5, 5.41) is 8.06. The van der Waals surface area contributed by atoms with Gasteiger partial charge < -0.3 is 5.11 Å². The van der Waals surface area contributed by atoms with Gasteiger partial charge in [-0.05, 0) is 13.8 Å². The first-order valence-electron chi connectivity index (χ1n) is 4.41. The molecule has 0 aromatic heterocycles. The Labute approximate surface area is 64.5 Å². The van der Waals surface area contributed by atoms with E-state index < -0.39 is 0 Å². The van der Waals surface area contributed by atoms with Gasteiger partial charge >= 0.3 is 0 Å². The average molecular weight is 144 g/mol. The van der Waals surface area contributed by atoms with Crippen molar-refractivity contribution in [3.8, 4) is 0 Å². The lowest BCUT2D eigenvalue weighted by Gasteiger charge is -2.05. The Bertz CT molecular complexity index is 41.5. The van der Waals surface area contributed by atoms with Gasteiger partial charge in [0.05, 0.1) is 0 Å². The number of hydrogen-bond donors (Lipinski definition) is 1. The van der Waals surface area contributed by atoms with Gasteiger partial charge in [0.25, 0.3) is 0 Å². The Kier molecular flexibility index (Phi) is 7.04. The Morgan fingerprint density at radius 2 is 0.900 bits per heavy atom. The fourth-order valence-electron chi connectivity index (χ4n) is 1.06. The normalized spacial score (nSPS) is 18.0. The summed E-state index contributed by atoms with van der Waals surface area (Å²) >= 11 is 0. The molecular formula is C9H20O. The summed E-state index contributed by atoms with van der Waals surface area (Å²) in [5.41, 5.74) is 0. The van der Waals surface area contributed by atoms with Gasteiger partial charge in [0.15, 0.2) is 0 Å². The maximum atomic E-state index is 8.06. The second kappa shape index (κ2) is 7.07. The average Bonchev–Trinajstić information content (AvgIpc) is 1.90.